The van der Waals surface area contributed by atoms with Gasteiger partial charge in [-0.1, -0.05) is 153 Å². The van der Waals surface area contributed by atoms with Gasteiger partial charge in [0, 0.05) is 78.0 Å². The summed E-state index contributed by atoms with van der Waals surface area (Å²) in [5, 5.41) is 7.69. The molecule has 4 nitrogen and oxygen atoms in total. The monoisotopic (exact) mass is 834 g/mol. The van der Waals surface area contributed by atoms with Crippen LogP contribution in [0.1, 0.15) is 37.3 Å². The molecule has 3 aromatic heterocycles. The summed E-state index contributed by atoms with van der Waals surface area (Å²) in [7, 11) is 0. The highest BCUT2D eigenvalue weighted by atomic mass is 15.2. The lowest BCUT2D eigenvalue weighted by Gasteiger charge is -2.35. The van der Waals surface area contributed by atoms with E-state index in [4.69, 9.17) is 0 Å². The number of para-hydroxylation sites is 6. The first-order chi connectivity index (χ1) is 32.2. The number of aromatic nitrogens is 3. The average molecular weight is 835 g/mol. The summed E-state index contributed by atoms with van der Waals surface area (Å²) in [4.78, 5) is 2.72. The van der Waals surface area contributed by atoms with Gasteiger partial charge in [0.15, 0.2) is 0 Å². The molecule has 65 heavy (non-hydrogen) atoms. The van der Waals surface area contributed by atoms with Gasteiger partial charge in [0.25, 0.3) is 0 Å². The van der Waals surface area contributed by atoms with Crippen LogP contribution in [-0.2, 0) is 0 Å². The Labute approximate surface area is 377 Å². The van der Waals surface area contributed by atoms with Crippen LogP contribution in [0.25, 0.3) is 87.9 Å². The van der Waals surface area contributed by atoms with Gasteiger partial charge in [0.05, 0.1) is 39.3 Å². The molecule has 3 aliphatic rings. The molecular formula is C61H46N4. The van der Waals surface area contributed by atoms with Crippen molar-refractivity contribution in [1.29, 1.82) is 0 Å². The molecule has 14 rings (SSSR count). The molecule has 0 saturated carbocycles. The van der Waals surface area contributed by atoms with E-state index in [-0.39, 0.29) is 18.0 Å². The van der Waals surface area contributed by atoms with Crippen molar-refractivity contribution in [2.75, 3.05) is 4.90 Å². The van der Waals surface area contributed by atoms with E-state index < -0.39 is 0 Å². The molecule has 0 saturated heterocycles. The van der Waals surface area contributed by atoms with Crippen molar-refractivity contribution in [1.82, 2.24) is 13.7 Å². The Kier molecular flexibility index (Phi) is 7.94. The van der Waals surface area contributed by atoms with Crippen molar-refractivity contribution in [3.63, 3.8) is 0 Å². The van der Waals surface area contributed by atoms with E-state index in [1.165, 1.54) is 105 Å². The van der Waals surface area contributed by atoms with Gasteiger partial charge in [-0.2, -0.15) is 0 Å². The van der Waals surface area contributed by atoms with E-state index in [1.807, 2.05) is 0 Å². The normalized spacial score (nSPS) is 19.1. The molecule has 0 bridgehead atoms. The van der Waals surface area contributed by atoms with Crippen molar-refractivity contribution < 1.29 is 0 Å². The second-order valence-corrected chi connectivity index (χ2v) is 18.5. The van der Waals surface area contributed by atoms with Crippen LogP contribution >= 0.6 is 0 Å². The van der Waals surface area contributed by atoms with Gasteiger partial charge in [0.2, 0.25) is 0 Å². The highest BCUT2D eigenvalue weighted by molar-refractivity contribution is 6.19. The van der Waals surface area contributed by atoms with Crippen LogP contribution in [0.5, 0.6) is 0 Å². The van der Waals surface area contributed by atoms with E-state index >= 15 is 0 Å². The van der Waals surface area contributed by atoms with Gasteiger partial charge in [0.1, 0.15) is 0 Å². The summed E-state index contributed by atoms with van der Waals surface area (Å²) < 4.78 is 7.57. The van der Waals surface area contributed by atoms with Crippen molar-refractivity contribution in [3.8, 4) is 22.5 Å². The van der Waals surface area contributed by atoms with E-state index in [9.17, 15) is 0 Å². The fourth-order valence-corrected chi connectivity index (χ4v) is 12.1. The van der Waals surface area contributed by atoms with Gasteiger partial charge in [-0.05, 0) is 91.1 Å². The zero-order valence-electron chi connectivity index (χ0n) is 36.2. The molecule has 2 aliphatic carbocycles. The lowest BCUT2D eigenvalue weighted by atomic mass is 9.83. The molecule has 310 valence electrons. The zero-order chi connectivity index (χ0) is 42.8. The first-order valence-electron chi connectivity index (χ1n) is 23.3. The highest BCUT2D eigenvalue weighted by Gasteiger charge is 2.42. The molecule has 4 heterocycles. The lowest BCUT2D eigenvalue weighted by molar-refractivity contribution is 0.485. The fourth-order valence-electron chi connectivity index (χ4n) is 12.1. The van der Waals surface area contributed by atoms with E-state index in [1.54, 1.807) is 0 Å². The molecule has 4 heteroatoms. The van der Waals surface area contributed by atoms with Gasteiger partial charge in [-0.25, -0.2) is 0 Å². The standard InChI is InChI=1S/C61H46N4/c1-39-32-33-47-51-36-59-49(45-25-11-14-28-53(45)63(59)41-20-6-3-7-21-41)38-61(51)65(57(47)34-39)55-30-16-9-23-43(55)42-22-8-15-29-54(42)64-56-31-17-12-26-46(56)50-35-58-48(37-60(50)64)44-24-10-13-27-52(44)62(58)40-18-4-2-5-19-40/h2-18,20-33,35-40,47,57H,19,34H2,1H3. The van der Waals surface area contributed by atoms with Crippen LogP contribution in [0, 0.1) is 5.92 Å². The van der Waals surface area contributed by atoms with Crippen molar-refractivity contribution in [2.24, 2.45) is 5.92 Å². The van der Waals surface area contributed by atoms with E-state index in [0.717, 1.165) is 12.8 Å². The van der Waals surface area contributed by atoms with Crippen molar-refractivity contribution in [2.45, 2.75) is 37.8 Å². The largest absolute Gasteiger partial charge is 0.337 e. The quantitative estimate of drug-likeness (QED) is 0.158. The van der Waals surface area contributed by atoms with Crippen molar-refractivity contribution >= 4 is 76.8 Å². The fraction of sp³-hybridized carbons (Fsp3) is 0.115. The molecule has 11 aromatic rings. The summed E-state index contributed by atoms with van der Waals surface area (Å²) in [6.07, 6.45) is 16.0. The Hall–Kier alpha value is -7.82. The molecule has 0 radical (unpaired) electrons. The van der Waals surface area contributed by atoms with E-state index in [2.05, 4.69) is 238 Å². The molecule has 4 unspecified atom stereocenters. The maximum atomic E-state index is 2.72. The summed E-state index contributed by atoms with van der Waals surface area (Å²) in [5.41, 5.74) is 16.3. The molecule has 0 fully saturated rings. The molecule has 4 atom stereocenters. The van der Waals surface area contributed by atoms with Gasteiger partial charge in [-0.3, -0.25) is 0 Å². The Morgan fingerprint density at radius 3 is 1.77 bits per heavy atom. The topological polar surface area (TPSA) is 18.0 Å². The summed E-state index contributed by atoms with van der Waals surface area (Å²) >= 11 is 0. The Morgan fingerprint density at radius 1 is 0.431 bits per heavy atom. The zero-order valence-corrected chi connectivity index (χ0v) is 36.2. The number of rotatable bonds is 5. The summed E-state index contributed by atoms with van der Waals surface area (Å²) in [6.45, 7) is 2.38. The van der Waals surface area contributed by atoms with Gasteiger partial charge in [-0.15, -0.1) is 0 Å². The molecule has 8 aromatic carbocycles. The molecule has 0 amide bonds. The summed E-state index contributed by atoms with van der Waals surface area (Å²) in [6, 6.07) is 66.6. The average Bonchev–Trinajstić information content (AvgIpc) is 4.07. The number of fused-ring (bicyclic) bond motifs is 12. The van der Waals surface area contributed by atoms with Crippen LogP contribution in [0.15, 0.2) is 212 Å². The minimum absolute atomic E-state index is 0.266. The number of nitrogens with zero attached hydrogens (tertiary/aromatic N) is 4. The van der Waals surface area contributed by atoms with E-state index in [0.29, 0.717) is 5.92 Å². The number of anilines is 2. The smallest absolute Gasteiger partial charge is 0.0560 e. The first-order valence-corrected chi connectivity index (χ1v) is 23.3. The number of benzene rings is 8. The van der Waals surface area contributed by atoms with Crippen LogP contribution < -0.4 is 4.90 Å². The molecule has 0 spiro atoms. The molecule has 0 N–H and O–H groups in total. The Balaban J connectivity index is 0.998. The third-order valence-corrected chi connectivity index (χ3v) is 14.9. The second kappa shape index (κ2) is 14.1. The number of hydrogen-bond donors (Lipinski definition) is 0. The van der Waals surface area contributed by atoms with Gasteiger partial charge >= 0.3 is 0 Å². The van der Waals surface area contributed by atoms with Gasteiger partial charge < -0.3 is 18.6 Å². The molecule has 1 aliphatic heterocycles. The van der Waals surface area contributed by atoms with Crippen LogP contribution in [0.4, 0.5) is 11.4 Å². The maximum Gasteiger partial charge on any atom is 0.0560 e. The number of allylic oxidation sites excluding steroid dienone is 5. The lowest BCUT2D eigenvalue weighted by Crippen LogP contribution is -2.33. The first kappa shape index (κ1) is 36.6. The predicted molar refractivity (Wildman–Crippen MR) is 274 cm³/mol. The van der Waals surface area contributed by atoms with Crippen LogP contribution in [0.3, 0.4) is 0 Å². The van der Waals surface area contributed by atoms with Crippen molar-refractivity contribution in [3.05, 3.63) is 218 Å². The highest BCUT2D eigenvalue weighted by Crippen LogP contribution is 2.54. The minimum Gasteiger partial charge on any atom is -0.337 e. The SMILES string of the molecule is CC1C=CC2c3cc4c(cc3N(c3ccccc3-c3ccccc3-n3c5ccccc5c5cc6c(cc53)c3ccccc3n6C3C=CC=CC3)C2C1)c1ccccc1n4-c1ccccc1. The van der Waals surface area contributed by atoms with Crippen LogP contribution in [-0.4, -0.2) is 19.7 Å². The maximum absolute atomic E-state index is 2.72. The summed E-state index contributed by atoms with van der Waals surface area (Å²) in [5.74, 6) is 0.755. The minimum atomic E-state index is 0.266. The van der Waals surface area contributed by atoms with Crippen LogP contribution in [0.2, 0.25) is 0 Å². The Morgan fingerprint density at radius 2 is 1.02 bits per heavy atom. The predicted octanol–water partition coefficient (Wildman–Crippen LogP) is 15.9. The third kappa shape index (κ3) is 5.31. The second-order valence-electron chi connectivity index (χ2n) is 18.5. The Bertz CT molecular complexity index is 3830. The number of hydrogen-bond acceptors (Lipinski definition) is 1. The third-order valence-electron chi connectivity index (χ3n) is 14.9. The molecular weight excluding hydrogens is 789 g/mol.